The molecule has 3 aromatic rings. The van der Waals surface area contributed by atoms with Crippen LogP contribution < -0.4 is 24.8 Å². The van der Waals surface area contributed by atoms with Gasteiger partial charge < -0.3 is 24.8 Å². The predicted octanol–water partition coefficient (Wildman–Crippen LogP) is 3.62. The average molecular weight is 492 g/mol. The van der Waals surface area contributed by atoms with Gasteiger partial charge in [0, 0.05) is 43.4 Å². The first-order valence-corrected chi connectivity index (χ1v) is 12.3. The van der Waals surface area contributed by atoms with Crippen molar-refractivity contribution in [2.24, 2.45) is 5.92 Å². The first kappa shape index (κ1) is 24.1. The van der Waals surface area contributed by atoms with Crippen molar-refractivity contribution in [3.05, 3.63) is 83.4 Å². The fraction of sp³-hybridized carbons (Fsp3) is 0.357. The second-order valence-corrected chi connectivity index (χ2v) is 9.13. The molecule has 0 unspecified atom stereocenters. The second-order valence-electron chi connectivity index (χ2n) is 9.13. The van der Waals surface area contributed by atoms with Gasteiger partial charge in [0.05, 0.1) is 13.0 Å². The summed E-state index contributed by atoms with van der Waals surface area (Å²) in [6.45, 7) is 2.88. The van der Waals surface area contributed by atoms with Crippen LogP contribution in [0.2, 0.25) is 0 Å². The van der Waals surface area contributed by atoms with Crippen LogP contribution in [-0.2, 0) is 17.6 Å². The van der Waals surface area contributed by atoms with E-state index in [0.717, 1.165) is 42.3 Å². The summed E-state index contributed by atoms with van der Waals surface area (Å²) in [5.41, 5.74) is 2.36. The topological polar surface area (TPSA) is 81.7 Å². The number of aromatic nitrogens is 1. The lowest BCUT2D eigenvalue weighted by Gasteiger charge is -2.32. The van der Waals surface area contributed by atoms with Gasteiger partial charge in [0.25, 0.3) is 0 Å². The highest BCUT2D eigenvalue weighted by Crippen LogP contribution is 2.36. The van der Waals surface area contributed by atoms with E-state index >= 15 is 0 Å². The second kappa shape index (κ2) is 11.4. The SMILES string of the molecule is O=C(Cc1cc([C@@H]2CCNC[C@H]2COc2ccc3c(c2)OCO3)ccc1F)NCCc1ccccn1. The zero-order valence-corrected chi connectivity index (χ0v) is 20.0. The maximum absolute atomic E-state index is 14.6. The number of hydrogen-bond donors (Lipinski definition) is 2. The largest absolute Gasteiger partial charge is 0.493 e. The molecule has 36 heavy (non-hydrogen) atoms. The lowest BCUT2D eigenvalue weighted by molar-refractivity contribution is -0.120. The van der Waals surface area contributed by atoms with Crippen LogP contribution in [0.3, 0.4) is 0 Å². The minimum absolute atomic E-state index is 0.00518. The smallest absolute Gasteiger partial charge is 0.231 e. The minimum Gasteiger partial charge on any atom is -0.493 e. The Kier molecular flexibility index (Phi) is 7.61. The van der Waals surface area contributed by atoms with Crippen molar-refractivity contribution in [3.8, 4) is 17.2 Å². The lowest BCUT2D eigenvalue weighted by atomic mass is 9.81. The summed E-state index contributed by atoms with van der Waals surface area (Å²) in [5, 5.41) is 6.32. The van der Waals surface area contributed by atoms with E-state index in [1.165, 1.54) is 6.07 Å². The Morgan fingerprint density at radius 3 is 2.94 bits per heavy atom. The Morgan fingerprint density at radius 2 is 2.06 bits per heavy atom. The number of carbonyl (C=O) groups excluding carboxylic acids is 1. The Labute approximate surface area is 210 Å². The number of pyridine rings is 1. The van der Waals surface area contributed by atoms with Crippen molar-refractivity contribution in [3.63, 3.8) is 0 Å². The van der Waals surface area contributed by atoms with E-state index in [0.29, 0.717) is 30.9 Å². The standard InChI is InChI=1S/C28H30FN3O4/c29-25-6-4-19(13-20(25)14-28(33)32-12-8-22-3-1-2-10-31-22)24-9-11-30-16-21(24)17-34-23-5-7-26-27(15-23)36-18-35-26/h1-7,10,13,15,21,24,30H,8-9,11-12,14,16-18H2,(H,32,33)/t21-,24-/m0/s1. The normalized spacial score (nSPS) is 18.6. The molecule has 0 saturated carbocycles. The number of piperidine rings is 1. The van der Waals surface area contributed by atoms with Gasteiger partial charge in [0.15, 0.2) is 11.5 Å². The summed E-state index contributed by atoms with van der Waals surface area (Å²) in [4.78, 5) is 16.8. The third-order valence-electron chi connectivity index (χ3n) is 6.69. The summed E-state index contributed by atoms with van der Waals surface area (Å²) >= 11 is 0. The molecule has 188 valence electrons. The van der Waals surface area contributed by atoms with Gasteiger partial charge in [0.1, 0.15) is 11.6 Å². The monoisotopic (exact) mass is 491 g/mol. The number of amides is 1. The van der Waals surface area contributed by atoms with E-state index in [-0.39, 0.29) is 36.8 Å². The summed E-state index contributed by atoms with van der Waals surface area (Å²) in [6, 6.07) is 16.4. The van der Waals surface area contributed by atoms with Crippen LogP contribution in [0.15, 0.2) is 60.8 Å². The summed E-state index contributed by atoms with van der Waals surface area (Å²) < 4.78 is 31.5. The van der Waals surface area contributed by atoms with Crippen molar-refractivity contribution < 1.29 is 23.4 Å². The van der Waals surface area contributed by atoms with Crippen LogP contribution in [0.4, 0.5) is 4.39 Å². The van der Waals surface area contributed by atoms with Gasteiger partial charge in [-0.3, -0.25) is 9.78 Å². The van der Waals surface area contributed by atoms with Crippen LogP contribution in [0.25, 0.3) is 0 Å². The number of hydrogen-bond acceptors (Lipinski definition) is 6. The molecule has 2 N–H and O–H groups in total. The zero-order chi connectivity index (χ0) is 24.7. The number of nitrogens with zero attached hydrogens (tertiary/aromatic N) is 1. The Hall–Kier alpha value is -3.65. The van der Waals surface area contributed by atoms with Crippen LogP contribution in [0.1, 0.15) is 29.2 Å². The molecule has 5 rings (SSSR count). The van der Waals surface area contributed by atoms with Crippen molar-refractivity contribution in [2.45, 2.75) is 25.2 Å². The highest BCUT2D eigenvalue weighted by atomic mass is 19.1. The highest BCUT2D eigenvalue weighted by Gasteiger charge is 2.28. The van der Waals surface area contributed by atoms with Crippen molar-refractivity contribution in [1.29, 1.82) is 0 Å². The van der Waals surface area contributed by atoms with E-state index < -0.39 is 0 Å². The van der Waals surface area contributed by atoms with Crippen molar-refractivity contribution in [2.75, 3.05) is 33.0 Å². The quantitative estimate of drug-likeness (QED) is 0.476. The molecular weight excluding hydrogens is 461 g/mol. The molecule has 2 aliphatic rings. The van der Waals surface area contributed by atoms with Crippen molar-refractivity contribution in [1.82, 2.24) is 15.6 Å². The van der Waals surface area contributed by atoms with Gasteiger partial charge in [0.2, 0.25) is 12.7 Å². The zero-order valence-electron chi connectivity index (χ0n) is 20.0. The van der Waals surface area contributed by atoms with E-state index in [1.807, 2.05) is 48.5 Å². The molecule has 2 aromatic carbocycles. The van der Waals surface area contributed by atoms with Crippen molar-refractivity contribution >= 4 is 5.91 Å². The summed E-state index contributed by atoms with van der Waals surface area (Å²) in [6.07, 6.45) is 3.28. The van der Waals surface area contributed by atoms with Crippen LogP contribution in [0, 0.1) is 11.7 Å². The Bertz CT molecular complexity index is 1190. The number of rotatable bonds is 9. The van der Waals surface area contributed by atoms with Crippen LogP contribution in [0.5, 0.6) is 17.2 Å². The minimum atomic E-state index is -0.360. The summed E-state index contributed by atoms with van der Waals surface area (Å²) in [5.74, 6) is 1.98. The number of halogens is 1. The van der Waals surface area contributed by atoms with E-state index in [2.05, 4.69) is 15.6 Å². The molecule has 8 heteroatoms. The van der Waals surface area contributed by atoms with E-state index in [9.17, 15) is 9.18 Å². The molecule has 1 fully saturated rings. The number of fused-ring (bicyclic) bond motifs is 1. The predicted molar refractivity (Wildman–Crippen MR) is 133 cm³/mol. The Morgan fingerprint density at radius 1 is 1.14 bits per heavy atom. The third-order valence-corrected chi connectivity index (χ3v) is 6.69. The molecule has 1 saturated heterocycles. The van der Waals surface area contributed by atoms with Crippen LogP contribution >= 0.6 is 0 Å². The van der Waals surface area contributed by atoms with Gasteiger partial charge in [-0.05, 0) is 60.3 Å². The molecule has 1 aromatic heterocycles. The fourth-order valence-electron chi connectivity index (χ4n) is 4.78. The third kappa shape index (κ3) is 5.94. The van der Waals surface area contributed by atoms with Gasteiger partial charge in [-0.2, -0.15) is 0 Å². The number of ether oxygens (including phenoxy) is 3. The molecule has 1 amide bonds. The number of carbonyl (C=O) groups is 1. The molecule has 7 nitrogen and oxygen atoms in total. The van der Waals surface area contributed by atoms with Gasteiger partial charge >= 0.3 is 0 Å². The Balaban J connectivity index is 1.20. The molecule has 0 aliphatic carbocycles. The molecule has 2 atom stereocenters. The first-order valence-electron chi connectivity index (χ1n) is 12.3. The molecule has 0 spiro atoms. The molecule has 0 radical (unpaired) electrons. The number of benzene rings is 2. The first-order chi connectivity index (χ1) is 17.7. The van der Waals surface area contributed by atoms with E-state index in [4.69, 9.17) is 14.2 Å². The highest BCUT2D eigenvalue weighted by molar-refractivity contribution is 5.78. The molecule has 3 heterocycles. The maximum atomic E-state index is 14.6. The van der Waals surface area contributed by atoms with Gasteiger partial charge in [-0.15, -0.1) is 0 Å². The summed E-state index contributed by atoms with van der Waals surface area (Å²) in [7, 11) is 0. The molecule has 0 bridgehead atoms. The van der Waals surface area contributed by atoms with E-state index in [1.54, 1.807) is 6.20 Å². The number of nitrogens with one attached hydrogen (secondary N) is 2. The van der Waals surface area contributed by atoms with Gasteiger partial charge in [-0.25, -0.2) is 4.39 Å². The lowest BCUT2D eigenvalue weighted by Crippen LogP contribution is -2.38. The average Bonchev–Trinajstić information content (AvgIpc) is 3.38. The molecular formula is C28H30FN3O4. The van der Waals surface area contributed by atoms with Crippen LogP contribution in [-0.4, -0.2) is 43.9 Å². The maximum Gasteiger partial charge on any atom is 0.231 e. The fourth-order valence-corrected chi connectivity index (χ4v) is 4.78. The molecule has 2 aliphatic heterocycles. The van der Waals surface area contributed by atoms with Gasteiger partial charge in [-0.1, -0.05) is 18.2 Å².